The number of thioether (sulfide) groups is 1. The zero-order valence-electron chi connectivity index (χ0n) is 14.5. The summed E-state index contributed by atoms with van der Waals surface area (Å²) in [5.74, 6) is 0.988. The molecular weight excluding hydrogens is 280 g/mol. The van der Waals surface area contributed by atoms with Crippen molar-refractivity contribution in [1.29, 1.82) is 0 Å². The van der Waals surface area contributed by atoms with Crippen LogP contribution in [0.4, 0.5) is 0 Å². The van der Waals surface area contributed by atoms with E-state index in [4.69, 9.17) is 4.99 Å². The molecule has 1 aliphatic rings. The van der Waals surface area contributed by atoms with Crippen molar-refractivity contribution < 1.29 is 0 Å². The van der Waals surface area contributed by atoms with Gasteiger partial charge in [-0.3, -0.25) is 4.99 Å². The zero-order chi connectivity index (χ0) is 15.7. The molecule has 2 N–H and O–H groups in total. The molecule has 124 valence electrons. The SMILES string of the molecule is CCNC(=NCCN(C)C(C)CC)NC1CCC(SC)C1. The van der Waals surface area contributed by atoms with Crippen LogP contribution in [-0.4, -0.2) is 61.1 Å². The van der Waals surface area contributed by atoms with E-state index >= 15 is 0 Å². The van der Waals surface area contributed by atoms with Gasteiger partial charge in [0.2, 0.25) is 0 Å². The van der Waals surface area contributed by atoms with Crippen LogP contribution in [0.5, 0.6) is 0 Å². The van der Waals surface area contributed by atoms with Crippen molar-refractivity contribution in [1.82, 2.24) is 15.5 Å². The Kier molecular flexibility index (Phi) is 9.16. The summed E-state index contributed by atoms with van der Waals surface area (Å²) < 4.78 is 0. The van der Waals surface area contributed by atoms with Crippen LogP contribution in [0.1, 0.15) is 46.5 Å². The fourth-order valence-electron chi connectivity index (χ4n) is 2.65. The molecular formula is C16H34N4S. The molecule has 4 nitrogen and oxygen atoms in total. The first-order valence-electron chi connectivity index (χ1n) is 8.38. The Morgan fingerprint density at radius 1 is 1.38 bits per heavy atom. The minimum absolute atomic E-state index is 0.590. The first-order chi connectivity index (χ1) is 10.1. The fraction of sp³-hybridized carbons (Fsp3) is 0.938. The molecule has 0 aromatic rings. The summed E-state index contributed by atoms with van der Waals surface area (Å²) in [6.07, 6.45) is 7.27. The van der Waals surface area contributed by atoms with E-state index in [2.05, 4.69) is 49.6 Å². The van der Waals surface area contributed by atoms with Crippen LogP contribution in [0.2, 0.25) is 0 Å². The molecule has 1 aliphatic carbocycles. The highest BCUT2D eigenvalue weighted by Gasteiger charge is 2.24. The smallest absolute Gasteiger partial charge is 0.191 e. The second-order valence-corrected chi connectivity index (χ2v) is 7.15. The Morgan fingerprint density at radius 3 is 2.71 bits per heavy atom. The Hall–Kier alpha value is -0.420. The zero-order valence-corrected chi connectivity index (χ0v) is 15.3. The van der Waals surface area contributed by atoms with Crippen LogP contribution < -0.4 is 10.6 Å². The number of rotatable bonds is 8. The van der Waals surface area contributed by atoms with E-state index in [-0.39, 0.29) is 0 Å². The average Bonchev–Trinajstić information content (AvgIpc) is 2.94. The second-order valence-electron chi connectivity index (χ2n) is 6.01. The predicted molar refractivity (Wildman–Crippen MR) is 96.4 cm³/mol. The average molecular weight is 315 g/mol. The van der Waals surface area contributed by atoms with Gasteiger partial charge in [0, 0.05) is 30.4 Å². The lowest BCUT2D eigenvalue weighted by Gasteiger charge is -2.23. The lowest BCUT2D eigenvalue weighted by molar-refractivity contribution is 0.259. The largest absolute Gasteiger partial charge is 0.357 e. The van der Waals surface area contributed by atoms with Gasteiger partial charge in [-0.2, -0.15) is 11.8 Å². The van der Waals surface area contributed by atoms with Gasteiger partial charge in [-0.15, -0.1) is 0 Å². The van der Waals surface area contributed by atoms with E-state index < -0.39 is 0 Å². The monoisotopic (exact) mass is 314 g/mol. The third-order valence-electron chi connectivity index (χ3n) is 4.47. The van der Waals surface area contributed by atoms with Crippen LogP contribution in [0.25, 0.3) is 0 Å². The third kappa shape index (κ3) is 6.92. The quantitative estimate of drug-likeness (QED) is 0.533. The summed E-state index contributed by atoms with van der Waals surface area (Å²) in [6.45, 7) is 9.43. The van der Waals surface area contributed by atoms with Crippen LogP contribution in [-0.2, 0) is 0 Å². The molecule has 3 unspecified atom stereocenters. The molecule has 0 saturated heterocycles. The molecule has 0 aromatic heterocycles. The standard InChI is InChI=1S/C16H34N4S/c1-6-13(3)20(4)11-10-18-16(17-7-2)19-14-8-9-15(12-14)21-5/h13-15H,6-12H2,1-5H3,(H2,17,18,19). The Morgan fingerprint density at radius 2 is 2.14 bits per heavy atom. The maximum atomic E-state index is 4.73. The van der Waals surface area contributed by atoms with Crippen molar-refractivity contribution >= 4 is 17.7 Å². The first kappa shape index (κ1) is 18.6. The number of hydrogen-bond acceptors (Lipinski definition) is 3. The molecule has 5 heteroatoms. The van der Waals surface area contributed by atoms with Crippen molar-refractivity contribution in [3.8, 4) is 0 Å². The minimum atomic E-state index is 0.590. The van der Waals surface area contributed by atoms with Crippen LogP contribution in [0, 0.1) is 0 Å². The molecule has 0 heterocycles. The van der Waals surface area contributed by atoms with Crippen LogP contribution >= 0.6 is 11.8 Å². The number of nitrogens with zero attached hydrogens (tertiary/aromatic N) is 2. The van der Waals surface area contributed by atoms with Crippen LogP contribution in [0.3, 0.4) is 0 Å². The Balaban J connectivity index is 2.39. The molecule has 0 bridgehead atoms. The van der Waals surface area contributed by atoms with E-state index in [9.17, 15) is 0 Å². The van der Waals surface area contributed by atoms with Crippen molar-refractivity contribution in [2.24, 2.45) is 4.99 Å². The van der Waals surface area contributed by atoms with E-state index in [1.807, 2.05) is 11.8 Å². The van der Waals surface area contributed by atoms with Gasteiger partial charge in [0.05, 0.1) is 6.54 Å². The maximum Gasteiger partial charge on any atom is 0.191 e. The number of aliphatic imine (C=N–C) groups is 1. The maximum absolute atomic E-state index is 4.73. The van der Waals surface area contributed by atoms with Gasteiger partial charge in [-0.25, -0.2) is 0 Å². The summed E-state index contributed by atoms with van der Waals surface area (Å²) in [7, 11) is 2.18. The Bertz CT molecular complexity index is 309. The summed E-state index contributed by atoms with van der Waals surface area (Å²) in [4.78, 5) is 7.11. The number of guanidine groups is 1. The van der Waals surface area contributed by atoms with Crippen molar-refractivity contribution in [3.63, 3.8) is 0 Å². The van der Waals surface area contributed by atoms with E-state index in [0.717, 1.165) is 30.8 Å². The van der Waals surface area contributed by atoms with Gasteiger partial charge in [0.1, 0.15) is 0 Å². The Labute approximate surface area is 135 Å². The topological polar surface area (TPSA) is 39.7 Å². The molecule has 0 aliphatic heterocycles. The van der Waals surface area contributed by atoms with Gasteiger partial charge >= 0.3 is 0 Å². The molecule has 3 atom stereocenters. The summed E-state index contributed by atoms with van der Waals surface area (Å²) >= 11 is 2.00. The third-order valence-corrected chi connectivity index (χ3v) is 5.56. The highest BCUT2D eigenvalue weighted by molar-refractivity contribution is 7.99. The van der Waals surface area contributed by atoms with E-state index in [1.165, 1.54) is 25.7 Å². The number of likely N-dealkylation sites (N-methyl/N-ethyl adjacent to an activating group) is 1. The first-order valence-corrected chi connectivity index (χ1v) is 9.67. The van der Waals surface area contributed by atoms with Crippen LogP contribution in [0.15, 0.2) is 4.99 Å². The number of hydrogen-bond donors (Lipinski definition) is 2. The molecule has 1 fully saturated rings. The van der Waals surface area contributed by atoms with Gasteiger partial charge in [0.25, 0.3) is 0 Å². The minimum Gasteiger partial charge on any atom is -0.357 e. The van der Waals surface area contributed by atoms with Crippen molar-refractivity contribution in [2.45, 2.75) is 63.8 Å². The van der Waals surface area contributed by atoms with Gasteiger partial charge in [-0.1, -0.05) is 6.92 Å². The van der Waals surface area contributed by atoms with Gasteiger partial charge in [0.15, 0.2) is 5.96 Å². The normalized spacial score (nSPS) is 24.4. The predicted octanol–water partition coefficient (Wildman–Crippen LogP) is 2.56. The molecule has 21 heavy (non-hydrogen) atoms. The summed E-state index contributed by atoms with van der Waals surface area (Å²) in [5, 5.41) is 7.80. The molecule has 0 radical (unpaired) electrons. The van der Waals surface area contributed by atoms with Crippen molar-refractivity contribution in [3.05, 3.63) is 0 Å². The van der Waals surface area contributed by atoms with E-state index in [1.54, 1.807) is 0 Å². The fourth-order valence-corrected chi connectivity index (χ4v) is 3.45. The highest BCUT2D eigenvalue weighted by Crippen LogP contribution is 2.27. The molecule has 1 saturated carbocycles. The molecule has 0 amide bonds. The van der Waals surface area contributed by atoms with Gasteiger partial charge < -0.3 is 15.5 Å². The molecule has 0 spiro atoms. The summed E-state index contributed by atoms with van der Waals surface area (Å²) in [5.41, 5.74) is 0. The lowest BCUT2D eigenvalue weighted by Crippen LogP contribution is -2.43. The lowest BCUT2D eigenvalue weighted by atomic mass is 10.2. The second kappa shape index (κ2) is 10.3. The highest BCUT2D eigenvalue weighted by atomic mass is 32.2. The van der Waals surface area contributed by atoms with Gasteiger partial charge in [-0.05, 0) is 52.8 Å². The number of nitrogens with one attached hydrogen (secondary N) is 2. The molecule has 1 rings (SSSR count). The summed E-state index contributed by atoms with van der Waals surface area (Å²) in [6, 6.07) is 1.22. The molecule has 0 aromatic carbocycles. The van der Waals surface area contributed by atoms with Crippen molar-refractivity contribution in [2.75, 3.05) is 32.9 Å². The van der Waals surface area contributed by atoms with E-state index in [0.29, 0.717) is 12.1 Å².